The van der Waals surface area contributed by atoms with E-state index in [1.165, 1.54) is 12.3 Å². The smallest absolute Gasteiger partial charge is 0.361 e. The fourth-order valence-electron chi connectivity index (χ4n) is 1.03. The topological polar surface area (TPSA) is 71.8 Å². The highest BCUT2D eigenvalue weighted by atomic mass is 16.6. The SMILES string of the molecule is O=[N+]([O-])c1cc2[nH]ccc2cn1. The fraction of sp³-hybridized carbons (Fsp3) is 0. The van der Waals surface area contributed by atoms with Crippen LogP contribution in [0.5, 0.6) is 0 Å². The number of pyridine rings is 1. The van der Waals surface area contributed by atoms with E-state index in [2.05, 4.69) is 9.97 Å². The molecule has 5 nitrogen and oxygen atoms in total. The van der Waals surface area contributed by atoms with Crippen LogP contribution < -0.4 is 0 Å². The molecule has 5 heteroatoms. The van der Waals surface area contributed by atoms with Gasteiger partial charge in [0, 0.05) is 11.6 Å². The van der Waals surface area contributed by atoms with Crippen LogP contribution in [0.25, 0.3) is 10.9 Å². The van der Waals surface area contributed by atoms with E-state index in [4.69, 9.17) is 0 Å². The summed E-state index contributed by atoms with van der Waals surface area (Å²) in [5.74, 6) is -0.134. The number of nitrogens with zero attached hydrogens (tertiary/aromatic N) is 2. The molecule has 0 bridgehead atoms. The molecule has 0 aliphatic rings. The van der Waals surface area contributed by atoms with Crippen LogP contribution in [0.4, 0.5) is 5.82 Å². The van der Waals surface area contributed by atoms with Crippen LogP contribution in [0.2, 0.25) is 0 Å². The lowest BCUT2D eigenvalue weighted by molar-refractivity contribution is -0.389. The van der Waals surface area contributed by atoms with Gasteiger partial charge >= 0.3 is 5.82 Å². The largest absolute Gasteiger partial charge is 0.365 e. The van der Waals surface area contributed by atoms with Gasteiger partial charge in [-0.05, 0) is 16.0 Å². The summed E-state index contributed by atoms with van der Waals surface area (Å²) in [5, 5.41) is 11.2. The third-order valence-electron chi connectivity index (χ3n) is 1.61. The third kappa shape index (κ3) is 0.914. The molecule has 0 saturated carbocycles. The minimum absolute atomic E-state index is 0.134. The van der Waals surface area contributed by atoms with Crippen LogP contribution in [-0.4, -0.2) is 14.9 Å². The number of fused-ring (bicyclic) bond motifs is 1. The Morgan fingerprint density at radius 2 is 2.42 bits per heavy atom. The van der Waals surface area contributed by atoms with E-state index in [0.29, 0.717) is 0 Å². The lowest BCUT2D eigenvalue weighted by atomic mass is 10.3. The molecule has 0 atom stereocenters. The second-order valence-corrected chi connectivity index (χ2v) is 2.36. The highest BCUT2D eigenvalue weighted by molar-refractivity contribution is 5.79. The van der Waals surface area contributed by atoms with Crippen molar-refractivity contribution >= 4 is 16.7 Å². The molecule has 1 N–H and O–H groups in total. The van der Waals surface area contributed by atoms with Crippen LogP contribution in [-0.2, 0) is 0 Å². The number of aromatic nitrogens is 2. The molecule has 0 fully saturated rings. The average molecular weight is 163 g/mol. The van der Waals surface area contributed by atoms with Gasteiger partial charge in [0.1, 0.15) is 6.20 Å². The quantitative estimate of drug-likeness (QED) is 0.511. The van der Waals surface area contributed by atoms with Crippen molar-refractivity contribution in [2.24, 2.45) is 0 Å². The molecule has 2 aromatic heterocycles. The van der Waals surface area contributed by atoms with Crippen LogP contribution in [0, 0.1) is 10.1 Å². The number of hydrogen-bond acceptors (Lipinski definition) is 3. The van der Waals surface area contributed by atoms with Gasteiger partial charge in [-0.25, -0.2) is 0 Å². The highest BCUT2D eigenvalue weighted by Crippen LogP contribution is 2.15. The van der Waals surface area contributed by atoms with Crippen LogP contribution in [0.1, 0.15) is 0 Å². The van der Waals surface area contributed by atoms with Gasteiger partial charge in [-0.2, -0.15) is 0 Å². The Bertz CT molecular complexity index is 435. The summed E-state index contributed by atoms with van der Waals surface area (Å²) < 4.78 is 0. The third-order valence-corrected chi connectivity index (χ3v) is 1.61. The average Bonchev–Trinajstić information content (AvgIpc) is 2.49. The first-order valence-corrected chi connectivity index (χ1v) is 3.35. The second-order valence-electron chi connectivity index (χ2n) is 2.36. The maximum atomic E-state index is 10.3. The Morgan fingerprint density at radius 3 is 3.17 bits per heavy atom. The summed E-state index contributed by atoms with van der Waals surface area (Å²) in [6.07, 6.45) is 3.19. The molecule has 0 amide bonds. The van der Waals surface area contributed by atoms with Crippen molar-refractivity contribution in [2.75, 3.05) is 0 Å². The van der Waals surface area contributed by atoms with E-state index in [0.717, 1.165) is 10.9 Å². The molecule has 2 aromatic rings. The predicted octanol–water partition coefficient (Wildman–Crippen LogP) is 1.47. The molecule has 2 rings (SSSR count). The predicted molar refractivity (Wildman–Crippen MR) is 42.7 cm³/mol. The summed E-state index contributed by atoms with van der Waals surface area (Å²) >= 11 is 0. The molecule has 0 aromatic carbocycles. The first kappa shape index (κ1) is 6.78. The van der Waals surface area contributed by atoms with E-state index in [1.807, 2.05) is 6.07 Å². The summed E-state index contributed by atoms with van der Waals surface area (Å²) in [6, 6.07) is 3.22. The number of H-pyrrole nitrogens is 1. The van der Waals surface area contributed by atoms with Gasteiger partial charge in [0.05, 0.1) is 11.6 Å². The van der Waals surface area contributed by atoms with Crippen molar-refractivity contribution in [2.45, 2.75) is 0 Å². The molecular formula is C7H5N3O2. The number of rotatable bonds is 1. The van der Waals surface area contributed by atoms with Gasteiger partial charge in [-0.3, -0.25) is 0 Å². The normalized spacial score (nSPS) is 10.3. The van der Waals surface area contributed by atoms with E-state index in [1.54, 1.807) is 6.20 Å². The minimum atomic E-state index is -0.514. The van der Waals surface area contributed by atoms with Crippen molar-refractivity contribution in [1.82, 2.24) is 9.97 Å². The Labute approximate surface area is 67.2 Å². The van der Waals surface area contributed by atoms with Gasteiger partial charge in [0.15, 0.2) is 0 Å². The van der Waals surface area contributed by atoms with Gasteiger partial charge < -0.3 is 15.1 Å². The monoisotopic (exact) mass is 163 g/mol. The Morgan fingerprint density at radius 1 is 1.58 bits per heavy atom. The van der Waals surface area contributed by atoms with Gasteiger partial charge in [0.2, 0.25) is 0 Å². The number of aromatic amines is 1. The maximum absolute atomic E-state index is 10.3. The molecule has 2 heterocycles. The maximum Gasteiger partial charge on any atom is 0.365 e. The molecule has 0 unspecified atom stereocenters. The zero-order valence-corrected chi connectivity index (χ0v) is 6.02. The summed E-state index contributed by atoms with van der Waals surface area (Å²) in [7, 11) is 0. The first-order chi connectivity index (χ1) is 5.77. The van der Waals surface area contributed by atoms with Gasteiger partial charge in [-0.15, -0.1) is 0 Å². The van der Waals surface area contributed by atoms with Gasteiger partial charge in [0.25, 0.3) is 0 Å². The van der Waals surface area contributed by atoms with Crippen molar-refractivity contribution in [1.29, 1.82) is 0 Å². The minimum Gasteiger partial charge on any atom is -0.361 e. The molecule has 60 valence electrons. The fourth-order valence-corrected chi connectivity index (χ4v) is 1.03. The molecule has 0 saturated heterocycles. The van der Waals surface area contributed by atoms with Crippen LogP contribution >= 0.6 is 0 Å². The van der Waals surface area contributed by atoms with Crippen LogP contribution in [0.3, 0.4) is 0 Å². The van der Waals surface area contributed by atoms with Crippen LogP contribution in [0.15, 0.2) is 24.5 Å². The molecular weight excluding hydrogens is 158 g/mol. The van der Waals surface area contributed by atoms with Crippen molar-refractivity contribution < 1.29 is 4.92 Å². The Kier molecular flexibility index (Phi) is 1.30. The zero-order valence-electron chi connectivity index (χ0n) is 6.02. The molecule has 12 heavy (non-hydrogen) atoms. The summed E-state index contributed by atoms with van der Waals surface area (Å²) in [6.45, 7) is 0. The number of hydrogen-bond donors (Lipinski definition) is 1. The van der Waals surface area contributed by atoms with Gasteiger partial charge in [-0.1, -0.05) is 0 Å². The molecule has 0 aliphatic carbocycles. The summed E-state index contributed by atoms with van der Waals surface area (Å²) in [4.78, 5) is 16.3. The summed E-state index contributed by atoms with van der Waals surface area (Å²) in [5.41, 5.74) is 0.733. The van der Waals surface area contributed by atoms with Crippen molar-refractivity contribution in [3.05, 3.63) is 34.6 Å². The standard InChI is InChI=1S/C7H5N3O2/c11-10(12)7-3-6-5(4-9-7)1-2-8-6/h1-4,8H. The first-order valence-electron chi connectivity index (χ1n) is 3.35. The molecule has 0 aliphatic heterocycles. The van der Waals surface area contributed by atoms with Crippen molar-refractivity contribution in [3.63, 3.8) is 0 Å². The van der Waals surface area contributed by atoms with E-state index >= 15 is 0 Å². The number of nitro groups is 1. The van der Waals surface area contributed by atoms with E-state index in [-0.39, 0.29) is 5.82 Å². The lowest BCUT2D eigenvalue weighted by Crippen LogP contribution is -1.90. The second kappa shape index (κ2) is 2.30. The van der Waals surface area contributed by atoms with Crippen molar-refractivity contribution in [3.8, 4) is 0 Å². The molecule has 0 radical (unpaired) electrons. The Balaban J connectivity index is 2.68. The Hall–Kier alpha value is -1.91. The van der Waals surface area contributed by atoms with E-state index < -0.39 is 4.92 Å². The zero-order chi connectivity index (χ0) is 8.55. The highest BCUT2D eigenvalue weighted by Gasteiger charge is 2.07. The lowest BCUT2D eigenvalue weighted by Gasteiger charge is -1.90. The number of nitrogens with one attached hydrogen (secondary N) is 1. The molecule has 0 spiro atoms. The van der Waals surface area contributed by atoms with E-state index in [9.17, 15) is 10.1 Å².